The van der Waals surface area contributed by atoms with E-state index >= 15 is 0 Å². The number of hydrazine groups is 1. The Kier molecular flexibility index (Phi) is 6.49. The molecule has 1 unspecified atom stereocenters. The Morgan fingerprint density at radius 3 is 2.50 bits per heavy atom. The molecule has 1 aliphatic heterocycles. The van der Waals surface area contributed by atoms with E-state index in [-0.39, 0.29) is 15.9 Å². The normalized spacial score (nSPS) is 16.4. The first-order valence-corrected chi connectivity index (χ1v) is 9.38. The number of azo groups is 1. The van der Waals surface area contributed by atoms with Crippen LogP contribution in [0.4, 0.5) is 17.1 Å². The molecule has 0 bridgehead atoms. The van der Waals surface area contributed by atoms with Gasteiger partial charge in [0.15, 0.2) is 11.2 Å². The Hall–Kier alpha value is -3.64. The fraction of sp³-hybridized carbons (Fsp3) is 0.111. The van der Waals surface area contributed by atoms with Crippen molar-refractivity contribution >= 4 is 63.3 Å². The number of thiocarbonyl (C=S) groups is 2. The number of non-ortho nitro benzene ring substituents is 1. The maximum Gasteiger partial charge on any atom is 0.280 e. The van der Waals surface area contributed by atoms with Crippen molar-refractivity contribution in [3.8, 4) is 0 Å². The van der Waals surface area contributed by atoms with Crippen LogP contribution in [0.15, 0.2) is 69.8 Å². The lowest BCUT2D eigenvalue weighted by Gasteiger charge is -2.29. The van der Waals surface area contributed by atoms with Gasteiger partial charge in [0, 0.05) is 17.8 Å². The second-order valence-corrected chi connectivity index (χ2v) is 6.81. The molecule has 3 rings (SSSR count). The fourth-order valence-electron chi connectivity index (χ4n) is 2.44. The van der Waals surface area contributed by atoms with Crippen molar-refractivity contribution in [2.75, 3.05) is 5.32 Å². The molecular weight excluding hydrogens is 426 g/mol. The molecule has 1 atom stereocenters. The van der Waals surface area contributed by atoms with Gasteiger partial charge in [-0.1, -0.05) is 18.2 Å². The third-order valence-electron chi connectivity index (χ3n) is 3.91. The molecule has 0 fully saturated rings. The molecule has 1 amide bonds. The van der Waals surface area contributed by atoms with Crippen LogP contribution in [0.3, 0.4) is 0 Å². The zero-order valence-corrected chi connectivity index (χ0v) is 17.2. The van der Waals surface area contributed by atoms with Crippen LogP contribution in [-0.4, -0.2) is 37.8 Å². The van der Waals surface area contributed by atoms with Crippen molar-refractivity contribution in [3.05, 3.63) is 64.7 Å². The number of aliphatic imine (C=N–C) groups is 1. The number of carbonyl (C=O) groups is 1. The molecule has 0 spiro atoms. The smallest absolute Gasteiger partial charge is 0.280 e. The highest BCUT2D eigenvalue weighted by atomic mass is 32.1. The number of hydrogen-bond donors (Lipinski definition) is 2. The lowest BCUT2D eigenvalue weighted by atomic mass is 10.1. The summed E-state index contributed by atoms with van der Waals surface area (Å²) in [7, 11) is 0. The van der Waals surface area contributed by atoms with Gasteiger partial charge in [0.2, 0.25) is 5.11 Å². The van der Waals surface area contributed by atoms with Crippen molar-refractivity contribution in [2.45, 2.75) is 13.0 Å². The van der Waals surface area contributed by atoms with Crippen LogP contribution in [0.25, 0.3) is 0 Å². The van der Waals surface area contributed by atoms with E-state index in [0.29, 0.717) is 11.4 Å². The van der Waals surface area contributed by atoms with Gasteiger partial charge in [0.25, 0.3) is 11.6 Å². The molecule has 1 aliphatic rings. The van der Waals surface area contributed by atoms with E-state index in [1.54, 1.807) is 6.92 Å². The number of nitro benzene ring substituents is 1. The number of hydrogen-bond acceptors (Lipinski definition) is 7. The molecule has 0 saturated heterocycles. The van der Waals surface area contributed by atoms with Gasteiger partial charge >= 0.3 is 0 Å². The minimum absolute atomic E-state index is 0.00324. The van der Waals surface area contributed by atoms with Crippen LogP contribution >= 0.6 is 24.4 Å². The Balaban J connectivity index is 1.72. The summed E-state index contributed by atoms with van der Waals surface area (Å²) in [4.78, 5) is 27.2. The Morgan fingerprint density at radius 2 is 1.87 bits per heavy atom. The van der Waals surface area contributed by atoms with E-state index in [1.807, 2.05) is 30.3 Å². The monoisotopic (exact) mass is 441 g/mol. The first-order valence-electron chi connectivity index (χ1n) is 8.56. The summed E-state index contributed by atoms with van der Waals surface area (Å²) in [5.74, 6) is -0.504. The molecule has 0 saturated carbocycles. The first kappa shape index (κ1) is 21.1. The van der Waals surface area contributed by atoms with Crippen molar-refractivity contribution in [1.29, 1.82) is 0 Å². The van der Waals surface area contributed by atoms with Crippen molar-refractivity contribution in [2.24, 2.45) is 15.2 Å². The molecule has 152 valence electrons. The van der Waals surface area contributed by atoms with Crippen LogP contribution in [0.5, 0.6) is 0 Å². The lowest BCUT2D eigenvalue weighted by Crippen LogP contribution is -2.57. The highest BCUT2D eigenvalue weighted by Gasteiger charge is 2.34. The number of amides is 1. The molecule has 0 aliphatic carbocycles. The van der Waals surface area contributed by atoms with Gasteiger partial charge in [-0.2, -0.15) is 15.2 Å². The fourth-order valence-corrected chi connectivity index (χ4v) is 2.93. The van der Waals surface area contributed by atoms with Crippen LogP contribution in [0.2, 0.25) is 0 Å². The highest BCUT2D eigenvalue weighted by molar-refractivity contribution is 7.80. The van der Waals surface area contributed by atoms with Crippen LogP contribution in [-0.2, 0) is 4.79 Å². The zero-order valence-electron chi connectivity index (χ0n) is 15.6. The second-order valence-electron chi connectivity index (χ2n) is 6.03. The van der Waals surface area contributed by atoms with Gasteiger partial charge in [-0.05, 0) is 55.6 Å². The maximum absolute atomic E-state index is 12.9. The molecule has 0 aromatic heterocycles. The molecule has 2 N–H and O–H groups in total. The van der Waals surface area contributed by atoms with Gasteiger partial charge < -0.3 is 5.32 Å². The summed E-state index contributed by atoms with van der Waals surface area (Å²) >= 11 is 10.4. The van der Waals surface area contributed by atoms with E-state index in [9.17, 15) is 14.9 Å². The zero-order chi connectivity index (χ0) is 21.7. The second kappa shape index (κ2) is 9.24. The van der Waals surface area contributed by atoms with Gasteiger partial charge in [-0.25, -0.2) is 4.99 Å². The minimum atomic E-state index is -1.01. The third kappa shape index (κ3) is 5.04. The number of anilines is 1. The van der Waals surface area contributed by atoms with E-state index in [2.05, 4.69) is 26.0 Å². The molecule has 2 aromatic carbocycles. The molecule has 2 aromatic rings. The average molecular weight is 441 g/mol. The lowest BCUT2D eigenvalue weighted by molar-refractivity contribution is -0.384. The number of nitro groups is 1. The average Bonchev–Trinajstić information content (AvgIpc) is 2.72. The number of nitrogens with one attached hydrogen (secondary N) is 2. The number of carbonyl (C=O) groups excluding carboxylic acids is 1. The Morgan fingerprint density at radius 1 is 1.20 bits per heavy atom. The number of benzene rings is 2. The predicted molar refractivity (Wildman–Crippen MR) is 120 cm³/mol. The van der Waals surface area contributed by atoms with E-state index in [1.165, 1.54) is 24.3 Å². The number of rotatable bonds is 5. The van der Waals surface area contributed by atoms with Crippen molar-refractivity contribution in [1.82, 2.24) is 10.4 Å². The van der Waals surface area contributed by atoms with Gasteiger partial charge in [0.05, 0.1) is 16.3 Å². The van der Waals surface area contributed by atoms with E-state index < -0.39 is 16.9 Å². The summed E-state index contributed by atoms with van der Waals surface area (Å²) in [5.41, 5.74) is 4.11. The standard InChI is InChI=1S/C18H15N7O3S2/c1-11-15(22-21-13-7-9-14(10-8-13)25(27)28)16(26)24(18(30)19-11)23-17(29)20-12-5-3-2-4-6-12/h2-10,15H,1H3,(H2,20,23,29). The van der Waals surface area contributed by atoms with Gasteiger partial charge in [-0.15, -0.1) is 0 Å². The minimum Gasteiger partial charge on any atom is -0.331 e. The van der Waals surface area contributed by atoms with Gasteiger partial charge in [0.1, 0.15) is 0 Å². The van der Waals surface area contributed by atoms with Crippen LogP contribution in [0, 0.1) is 10.1 Å². The quantitative estimate of drug-likeness (QED) is 0.315. The first-order chi connectivity index (χ1) is 14.3. The Labute approximate surface area is 181 Å². The summed E-state index contributed by atoms with van der Waals surface area (Å²) in [6, 6.07) is 13.6. The molecule has 30 heavy (non-hydrogen) atoms. The third-order valence-corrected chi connectivity index (χ3v) is 4.37. The largest absolute Gasteiger partial charge is 0.331 e. The topological polar surface area (TPSA) is 125 Å². The maximum atomic E-state index is 12.9. The SMILES string of the molecule is CC1=NC(=S)N(NC(=S)Nc2ccccc2)C(=O)C1N=Nc1ccc([N+](=O)[O-])cc1. The molecule has 12 heteroatoms. The summed E-state index contributed by atoms with van der Waals surface area (Å²) in [5, 5.41) is 22.9. The molecule has 0 radical (unpaired) electrons. The molecule has 1 heterocycles. The number of nitrogens with zero attached hydrogens (tertiary/aromatic N) is 5. The van der Waals surface area contributed by atoms with E-state index in [0.717, 1.165) is 10.7 Å². The molecular formula is C18H15N7O3S2. The summed E-state index contributed by atoms with van der Waals surface area (Å²) < 4.78 is 0. The summed E-state index contributed by atoms with van der Waals surface area (Å²) in [6.45, 7) is 1.61. The molecule has 10 nitrogen and oxygen atoms in total. The van der Waals surface area contributed by atoms with Crippen LogP contribution < -0.4 is 10.7 Å². The van der Waals surface area contributed by atoms with Gasteiger partial charge in [-0.3, -0.25) is 20.3 Å². The van der Waals surface area contributed by atoms with Crippen molar-refractivity contribution < 1.29 is 9.72 Å². The van der Waals surface area contributed by atoms with Crippen molar-refractivity contribution in [3.63, 3.8) is 0 Å². The Bertz CT molecular complexity index is 1060. The van der Waals surface area contributed by atoms with E-state index in [4.69, 9.17) is 24.4 Å². The summed E-state index contributed by atoms with van der Waals surface area (Å²) in [6.07, 6.45) is 0. The predicted octanol–water partition coefficient (Wildman–Crippen LogP) is 3.54. The number of para-hydroxylation sites is 1. The van der Waals surface area contributed by atoms with Crippen LogP contribution in [0.1, 0.15) is 6.92 Å². The highest BCUT2D eigenvalue weighted by Crippen LogP contribution is 2.20.